The van der Waals surface area contributed by atoms with Crippen LogP contribution in [0.1, 0.15) is 33.3 Å². The van der Waals surface area contributed by atoms with Gasteiger partial charge in [-0.3, -0.25) is 9.59 Å². The zero-order valence-electron chi connectivity index (χ0n) is 24.7. The predicted molar refractivity (Wildman–Crippen MR) is 170 cm³/mol. The topological polar surface area (TPSA) is 103 Å². The molecule has 3 aromatic heterocycles. The Balaban J connectivity index is 1.05. The lowest BCUT2D eigenvalue weighted by Gasteiger charge is -2.10. The third-order valence-corrected chi connectivity index (χ3v) is 7.28. The Kier molecular flexibility index (Phi) is 8.28. The number of ether oxygens (including phenoxy) is 1. The zero-order valence-corrected chi connectivity index (χ0v) is 24.7. The molecule has 3 aromatic carbocycles. The van der Waals surface area contributed by atoms with Crippen LogP contribution in [0.3, 0.4) is 0 Å². The van der Waals surface area contributed by atoms with Gasteiger partial charge >= 0.3 is 5.91 Å². The molecule has 226 valence electrons. The van der Waals surface area contributed by atoms with E-state index in [1.54, 1.807) is 35.0 Å². The molecule has 3 heterocycles. The van der Waals surface area contributed by atoms with Crippen LogP contribution in [0.15, 0.2) is 113 Å². The van der Waals surface area contributed by atoms with Crippen LogP contribution in [0.25, 0.3) is 16.6 Å². The van der Waals surface area contributed by atoms with Gasteiger partial charge in [0.2, 0.25) is 5.91 Å². The minimum absolute atomic E-state index is 0.0388. The number of nitrogens with one attached hydrogen (secondary N) is 2. The van der Waals surface area contributed by atoms with E-state index in [-0.39, 0.29) is 30.5 Å². The standard InChI is InChI=1S/C35H30FN5O4/c1-23-11-12-24(2)41(23)26-13-15-27(16-14-26)44-22-28-17-18-33(45-28)35(43)39-37-19-25-20-40(32-10-6-3-7-29(25)32)21-34(42)38-31-9-5-4-8-30(31)36/h3-20H,21-22H2,1-2H3,(H,38,42)(H,39,43)/b37-19+. The fraction of sp³-hybridized carbons (Fsp3) is 0.114. The van der Waals surface area contributed by atoms with Gasteiger partial charge < -0.3 is 23.6 Å². The van der Waals surface area contributed by atoms with Crippen molar-refractivity contribution in [2.45, 2.75) is 27.0 Å². The average molecular weight is 604 g/mol. The van der Waals surface area contributed by atoms with Gasteiger partial charge in [-0.05, 0) is 80.6 Å². The van der Waals surface area contributed by atoms with Gasteiger partial charge in [-0.1, -0.05) is 30.3 Å². The number of carbonyl (C=O) groups is 2. The van der Waals surface area contributed by atoms with Crippen LogP contribution in [0.5, 0.6) is 5.75 Å². The Morgan fingerprint density at radius 3 is 2.42 bits per heavy atom. The number of rotatable bonds is 10. The van der Waals surface area contributed by atoms with E-state index in [0.29, 0.717) is 17.1 Å². The lowest BCUT2D eigenvalue weighted by molar-refractivity contribution is -0.116. The van der Waals surface area contributed by atoms with Gasteiger partial charge in [0.15, 0.2) is 5.76 Å². The van der Waals surface area contributed by atoms with Crippen LogP contribution in [-0.4, -0.2) is 27.2 Å². The maximum Gasteiger partial charge on any atom is 0.307 e. The number of para-hydroxylation sites is 2. The summed E-state index contributed by atoms with van der Waals surface area (Å²) in [6, 6.07) is 28.6. The van der Waals surface area contributed by atoms with Crippen molar-refractivity contribution in [3.8, 4) is 11.4 Å². The fourth-order valence-electron chi connectivity index (χ4n) is 5.13. The first-order valence-corrected chi connectivity index (χ1v) is 14.3. The number of aryl methyl sites for hydroxylation is 2. The second-order valence-corrected chi connectivity index (χ2v) is 10.5. The molecule has 0 fully saturated rings. The summed E-state index contributed by atoms with van der Waals surface area (Å²) in [7, 11) is 0. The van der Waals surface area contributed by atoms with Crippen molar-refractivity contribution in [2.75, 3.05) is 5.32 Å². The number of carbonyl (C=O) groups excluding carboxylic acids is 2. The first-order valence-electron chi connectivity index (χ1n) is 14.3. The molecule has 0 saturated heterocycles. The number of hydrogen-bond donors (Lipinski definition) is 2. The summed E-state index contributed by atoms with van der Waals surface area (Å²) in [6.45, 7) is 4.24. The first kappa shape index (κ1) is 29.2. The number of nitrogens with zero attached hydrogens (tertiary/aromatic N) is 3. The highest BCUT2D eigenvalue weighted by Gasteiger charge is 2.14. The SMILES string of the molecule is Cc1ccc(C)n1-c1ccc(OCc2ccc(C(=O)N/N=C/c3cn(CC(=O)Nc4ccccc4F)c4ccccc34)o2)cc1. The lowest BCUT2D eigenvalue weighted by Crippen LogP contribution is -2.19. The summed E-state index contributed by atoms with van der Waals surface area (Å²) >= 11 is 0. The predicted octanol–water partition coefficient (Wildman–Crippen LogP) is 6.76. The summed E-state index contributed by atoms with van der Waals surface area (Å²) in [4.78, 5) is 25.3. The third-order valence-electron chi connectivity index (χ3n) is 7.28. The molecule has 10 heteroatoms. The van der Waals surface area contributed by atoms with Crippen molar-refractivity contribution in [2.24, 2.45) is 5.10 Å². The van der Waals surface area contributed by atoms with Gasteiger partial charge in [-0.25, -0.2) is 9.82 Å². The number of hydrogen-bond acceptors (Lipinski definition) is 5. The van der Waals surface area contributed by atoms with Crippen LogP contribution in [0, 0.1) is 19.7 Å². The monoisotopic (exact) mass is 603 g/mol. The highest BCUT2D eigenvalue weighted by Crippen LogP contribution is 2.22. The molecule has 0 bridgehead atoms. The largest absolute Gasteiger partial charge is 0.486 e. The average Bonchev–Trinajstić information content (AvgIpc) is 3.75. The van der Waals surface area contributed by atoms with Crippen LogP contribution < -0.4 is 15.5 Å². The smallest absolute Gasteiger partial charge is 0.307 e. The van der Waals surface area contributed by atoms with Gasteiger partial charge in [-0.2, -0.15) is 5.10 Å². The molecule has 2 N–H and O–H groups in total. The number of hydrazone groups is 1. The van der Waals surface area contributed by atoms with Crippen LogP contribution >= 0.6 is 0 Å². The molecule has 0 saturated carbocycles. The van der Waals surface area contributed by atoms with Crippen LogP contribution in [-0.2, 0) is 17.9 Å². The zero-order chi connectivity index (χ0) is 31.3. The molecule has 6 rings (SSSR count). The maximum atomic E-state index is 14.0. The maximum absolute atomic E-state index is 14.0. The number of benzene rings is 3. The van der Waals surface area contributed by atoms with E-state index in [4.69, 9.17) is 9.15 Å². The number of fused-ring (bicyclic) bond motifs is 1. The summed E-state index contributed by atoms with van der Waals surface area (Å²) in [5.74, 6) is -0.153. The first-order chi connectivity index (χ1) is 21.9. The summed E-state index contributed by atoms with van der Waals surface area (Å²) in [5, 5.41) is 7.53. The Labute approximate surface area is 258 Å². The molecule has 0 spiro atoms. The molecular formula is C35H30FN5O4. The van der Waals surface area contributed by atoms with Crippen molar-refractivity contribution in [1.29, 1.82) is 0 Å². The van der Waals surface area contributed by atoms with E-state index in [2.05, 4.69) is 46.4 Å². The number of amides is 2. The molecule has 0 aliphatic rings. The Morgan fingerprint density at radius 2 is 1.64 bits per heavy atom. The second-order valence-electron chi connectivity index (χ2n) is 10.5. The van der Waals surface area contributed by atoms with Gasteiger partial charge in [0.1, 0.15) is 30.5 Å². The van der Waals surface area contributed by atoms with E-state index in [1.165, 1.54) is 18.3 Å². The van der Waals surface area contributed by atoms with E-state index < -0.39 is 11.7 Å². The van der Waals surface area contributed by atoms with Gasteiger partial charge in [0.05, 0.1) is 11.9 Å². The van der Waals surface area contributed by atoms with E-state index in [1.807, 2.05) is 48.5 Å². The number of halogens is 1. The van der Waals surface area contributed by atoms with E-state index in [0.717, 1.165) is 28.0 Å². The molecule has 0 aliphatic heterocycles. The lowest BCUT2D eigenvalue weighted by atomic mass is 10.2. The minimum atomic E-state index is -0.521. The Hall–Kier alpha value is -5.90. The quantitative estimate of drug-likeness (QED) is 0.133. The van der Waals surface area contributed by atoms with Gasteiger partial charge in [0.25, 0.3) is 0 Å². The third kappa shape index (κ3) is 6.54. The molecule has 0 unspecified atom stereocenters. The number of furan rings is 1. The molecule has 9 nitrogen and oxygen atoms in total. The Morgan fingerprint density at radius 1 is 0.911 bits per heavy atom. The molecule has 0 atom stereocenters. The molecule has 0 radical (unpaired) electrons. The van der Waals surface area contributed by atoms with Crippen molar-refractivity contribution in [1.82, 2.24) is 14.6 Å². The Bertz CT molecular complexity index is 2000. The highest BCUT2D eigenvalue weighted by atomic mass is 19.1. The van der Waals surface area contributed by atoms with Gasteiger partial charge in [0, 0.05) is 39.7 Å². The van der Waals surface area contributed by atoms with Crippen LogP contribution in [0.2, 0.25) is 0 Å². The molecular weight excluding hydrogens is 573 g/mol. The van der Waals surface area contributed by atoms with Gasteiger partial charge in [-0.15, -0.1) is 0 Å². The molecule has 2 amide bonds. The molecule has 0 aliphatic carbocycles. The summed E-state index contributed by atoms with van der Waals surface area (Å²) in [5.41, 5.74) is 7.43. The normalized spacial score (nSPS) is 11.3. The van der Waals surface area contributed by atoms with Crippen molar-refractivity contribution in [3.05, 3.63) is 138 Å². The highest BCUT2D eigenvalue weighted by molar-refractivity contribution is 6.01. The van der Waals surface area contributed by atoms with Crippen molar-refractivity contribution in [3.63, 3.8) is 0 Å². The second kappa shape index (κ2) is 12.8. The molecule has 45 heavy (non-hydrogen) atoms. The summed E-state index contributed by atoms with van der Waals surface area (Å²) in [6.07, 6.45) is 3.25. The van der Waals surface area contributed by atoms with E-state index >= 15 is 0 Å². The van der Waals surface area contributed by atoms with Crippen molar-refractivity contribution < 1.29 is 23.1 Å². The summed E-state index contributed by atoms with van der Waals surface area (Å²) < 4.78 is 29.4. The van der Waals surface area contributed by atoms with Crippen molar-refractivity contribution >= 4 is 34.6 Å². The fourth-order valence-corrected chi connectivity index (χ4v) is 5.13. The van der Waals surface area contributed by atoms with E-state index in [9.17, 15) is 14.0 Å². The molecule has 6 aromatic rings. The number of anilines is 1. The minimum Gasteiger partial charge on any atom is -0.486 e. The number of aromatic nitrogens is 2. The van der Waals surface area contributed by atoms with Crippen LogP contribution in [0.4, 0.5) is 10.1 Å².